The molecule has 2 nitrogen and oxygen atoms in total. The molecule has 0 bridgehead atoms. The van der Waals surface area contributed by atoms with E-state index in [4.69, 9.17) is 4.74 Å². The van der Waals surface area contributed by atoms with Crippen LogP contribution in [0.2, 0.25) is 0 Å². The standard InChI is InChI=1S/C15H21Br2NO/c1-2-19-15-13(16)8-12(9-14(15)17)10-18-7-3-4-11-5-6-11/h8-9,11,18H,2-7,10H2,1H3. The van der Waals surface area contributed by atoms with Crippen molar-refractivity contribution in [3.05, 3.63) is 26.6 Å². The molecule has 19 heavy (non-hydrogen) atoms. The van der Waals surface area contributed by atoms with Gasteiger partial charge in [0, 0.05) is 6.54 Å². The van der Waals surface area contributed by atoms with E-state index in [-0.39, 0.29) is 0 Å². The average Bonchev–Trinajstić information content (AvgIpc) is 3.17. The van der Waals surface area contributed by atoms with Crippen molar-refractivity contribution in [2.75, 3.05) is 13.2 Å². The fraction of sp³-hybridized carbons (Fsp3) is 0.600. The van der Waals surface area contributed by atoms with Crippen molar-refractivity contribution in [2.45, 2.75) is 39.2 Å². The molecule has 2 rings (SSSR count). The highest BCUT2D eigenvalue weighted by Crippen LogP contribution is 2.35. The first kappa shape index (κ1) is 15.3. The lowest BCUT2D eigenvalue weighted by Crippen LogP contribution is -2.15. The number of hydrogen-bond donors (Lipinski definition) is 1. The van der Waals surface area contributed by atoms with Gasteiger partial charge in [0.15, 0.2) is 0 Å². The van der Waals surface area contributed by atoms with Gasteiger partial charge in [-0.3, -0.25) is 0 Å². The van der Waals surface area contributed by atoms with Crippen molar-refractivity contribution in [2.24, 2.45) is 5.92 Å². The lowest BCUT2D eigenvalue weighted by atomic mass is 10.2. The van der Waals surface area contributed by atoms with Crippen LogP contribution in [0, 0.1) is 5.92 Å². The molecule has 0 amide bonds. The minimum Gasteiger partial charge on any atom is -0.492 e. The average molecular weight is 391 g/mol. The van der Waals surface area contributed by atoms with Crippen molar-refractivity contribution in [3.63, 3.8) is 0 Å². The third kappa shape index (κ3) is 5.09. The second-order valence-corrected chi connectivity index (χ2v) is 6.79. The van der Waals surface area contributed by atoms with Gasteiger partial charge in [0.25, 0.3) is 0 Å². The largest absolute Gasteiger partial charge is 0.492 e. The van der Waals surface area contributed by atoms with Gasteiger partial charge in [-0.2, -0.15) is 0 Å². The molecular formula is C15H21Br2NO. The van der Waals surface area contributed by atoms with E-state index in [2.05, 4.69) is 49.3 Å². The number of nitrogens with one attached hydrogen (secondary N) is 1. The fourth-order valence-corrected chi connectivity index (χ4v) is 3.66. The molecule has 0 radical (unpaired) electrons. The van der Waals surface area contributed by atoms with E-state index in [1.165, 1.54) is 31.2 Å². The molecule has 0 heterocycles. The molecule has 1 N–H and O–H groups in total. The Morgan fingerprint density at radius 2 is 1.95 bits per heavy atom. The SMILES string of the molecule is CCOc1c(Br)cc(CNCCCC2CC2)cc1Br. The highest BCUT2D eigenvalue weighted by atomic mass is 79.9. The Morgan fingerprint density at radius 1 is 1.26 bits per heavy atom. The summed E-state index contributed by atoms with van der Waals surface area (Å²) in [5, 5.41) is 3.51. The van der Waals surface area contributed by atoms with Crippen LogP contribution in [0.1, 0.15) is 38.2 Å². The van der Waals surface area contributed by atoms with Crippen LogP contribution >= 0.6 is 31.9 Å². The third-order valence-electron chi connectivity index (χ3n) is 3.34. The highest BCUT2D eigenvalue weighted by Gasteiger charge is 2.19. The zero-order valence-corrected chi connectivity index (χ0v) is 14.5. The number of hydrogen-bond acceptors (Lipinski definition) is 2. The molecule has 0 unspecified atom stereocenters. The lowest BCUT2D eigenvalue weighted by molar-refractivity contribution is 0.336. The second-order valence-electron chi connectivity index (χ2n) is 5.08. The van der Waals surface area contributed by atoms with E-state index in [0.717, 1.165) is 33.7 Å². The van der Waals surface area contributed by atoms with Gasteiger partial charge in [-0.15, -0.1) is 0 Å². The molecule has 1 aliphatic carbocycles. The zero-order valence-electron chi connectivity index (χ0n) is 11.3. The smallest absolute Gasteiger partial charge is 0.147 e. The predicted molar refractivity (Wildman–Crippen MR) is 86.7 cm³/mol. The van der Waals surface area contributed by atoms with Crippen molar-refractivity contribution in [3.8, 4) is 5.75 Å². The summed E-state index contributed by atoms with van der Waals surface area (Å²) in [5.74, 6) is 1.93. The van der Waals surface area contributed by atoms with Gasteiger partial charge in [-0.05, 0) is 81.8 Å². The molecule has 0 saturated heterocycles. The zero-order chi connectivity index (χ0) is 13.7. The van der Waals surface area contributed by atoms with Crippen LogP contribution in [0.15, 0.2) is 21.1 Å². The lowest BCUT2D eigenvalue weighted by Gasteiger charge is -2.11. The van der Waals surface area contributed by atoms with Crippen LogP contribution in [0.5, 0.6) is 5.75 Å². The Balaban J connectivity index is 1.79. The molecule has 0 aliphatic heterocycles. The minimum absolute atomic E-state index is 0.677. The highest BCUT2D eigenvalue weighted by molar-refractivity contribution is 9.11. The maximum Gasteiger partial charge on any atom is 0.147 e. The van der Waals surface area contributed by atoms with Crippen LogP contribution in [-0.4, -0.2) is 13.2 Å². The van der Waals surface area contributed by atoms with Gasteiger partial charge in [0.2, 0.25) is 0 Å². The molecule has 0 spiro atoms. The van der Waals surface area contributed by atoms with Crippen molar-refractivity contribution >= 4 is 31.9 Å². The summed E-state index contributed by atoms with van der Waals surface area (Å²) < 4.78 is 7.61. The maximum atomic E-state index is 5.58. The van der Waals surface area contributed by atoms with Crippen molar-refractivity contribution in [1.29, 1.82) is 0 Å². The Labute approximate surface area is 132 Å². The van der Waals surface area contributed by atoms with E-state index in [1.807, 2.05) is 6.92 Å². The topological polar surface area (TPSA) is 21.3 Å². The summed E-state index contributed by atoms with van der Waals surface area (Å²) in [6.07, 6.45) is 5.60. The molecule has 0 atom stereocenters. The summed E-state index contributed by atoms with van der Waals surface area (Å²) in [7, 11) is 0. The Hall–Kier alpha value is -0.0600. The van der Waals surface area contributed by atoms with Crippen LogP contribution in [-0.2, 0) is 6.54 Å². The molecule has 4 heteroatoms. The number of rotatable bonds is 8. The summed E-state index contributed by atoms with van der Waals surface area (Å²) in [6, 6.07) is 4.26. The van der Waals surface area contributed by atoms with E-state index in [9.17, 15) is 0 Å². The monoisotopic (exact) mass is 389 g/mol. The maximum absolute atomic E-state index is 5.58. The molecule has 1 aliphatic rings. The molecular weight excluding hydrogens is 370 g/mol. The molecule has 1 saturated carbocycles. The fourth-order valence-electron chi connectivity index (χ4n) is 2.15. The number of ether oxygens (including phenoxy) is 1. The van der Waals surface area contributed by atoms with Gasteiger partial charge in [-0.1, -0.05) is 12.8 Å². The number of halogens is 2. The van der Waals surface area contributed by atoms with Gasteiger partial charge >= 0.3 is 0 Å². The van der Waals surface area contributed by atoms with E-state index in [0.29, 0.717) is 6.61 Å². The first-order chi connectivity index (χ1) is 9.20. The van der Waals surface area contributed by atoms with E-state index < -0.39 is 0 Å². The summed E-state index contributed by atoms with van der Waals surface area (Å²) in [5.41, 5.74) is 1.27. The summed E-state index contributed by atoms with van der Waals surface area (Å²) in [6.45, 7) is 4.69. The Kier molecular flexibility index (Phi) is 6.17. The molecule has 1 fully saturated rings. The molecule has 0 aromatic heterocycles. The quantitative estimate of drug-likeness (QED) is 0.638. The van der Waals surface area contributed by atoms with Crippen molar-refractivity contribution < 1.29 is 4.74 Å². The number of benzene rings is 1. The molecule has 1 aromatic rings. The minimum atomic E-state index is 0.677. The van der Waals surface area contributed by atoms with Gasteiger partial charge in [-0.25, -0.2) is 0 Å². The summed E-state index contributed by atoms with van der Waals surface area (Å²) >= 11 is 7.13. The van der Waals surface area contributed by atoms with Crippen LogP contribution in [0.3, 0.4) is 0 Å². The second kappa shape index (κ2) is 7.65. The normalized spacial score (nSPS) is 14.7. The summed E-state index contributed by atoms with van der Waals surface area (Å²) in [4.78, 5) is 0. The van der Waals surface area contributed by atoms with E-state index in [1.54, 1.807) is 0 Å². The predicted octanol–water partition coefficient (Wildman–Crippen LogP) is 4.89. The van der Waals surface area contributed by atoms with Crippen LogP contribution in [0.25, 0.3) is 0 Å². The van der Waals surface area contributed by atoms with Crippen molar-refractivity contribution in [1.82, 2.24) is 5.32 Å². The van der Waals surface area contributed by atoms with Gasteiger partial charge in [0.05, 0.1) is 15.6 Å². The Bertz CT molecular complexity index is 396. The Morgan fingerprint density at radius 3 is 2.53 bits per heavy atom. The first-order valence-corrected chi connectivity index (χ1v) is 8.60. The van der Waals surface area contributed by atoms with E-state index >= 15 is 0 Å². The first-order valence-electron chi connectivity index (χ1n) is 7.02. The molecule has 1 aromatic carbocycles. The van der Waals surface area contributed by atoms with Gasteiger partial charge < -0.3 is 10.1 Å². The van der Waals surface area contributed by atoms with Crippen LogP contribution in [0.4, 0.5) is 0 Å². The van der Waals surface area contributed by atoms with Gasteiger partial charge in [0.1, 0.15) is 5.75 Å². The molecule has 106 valence electrons. The third-order valence-corrected chi connectivity index (χ3v) is 4.52. The van der Waals surface area contributed by atoms with Crippen LogP contribution < -0.4 is 10.1 Å².